The Morgan fingerprint density at radius 3 is 2.62 bits per heavy atom. The van der Waals surface area contributed by atoms with Crippen LogP contribution in [0, 0.1) is 13.8 Å². The summed E-state index contributed by atoms with van der Waals surface area (Å²) in [6.45, 7) is 4.59. The molecule has 13 heavy (non-hydrogen) atoms. The SMILES string of the molecule is Cc1ccc(C)c2[nH]c(CN)nc12. The minimum absolute atomic E-state index is 0.466. The second-order valence-electron chi connectivity index (χ2n) is 3.31. The molecule has 0 saturated heterocycles. The largest absolute Gasteiger partial charge is 0.341 e. The van der Waals surface area contributed by atoms with E-state index in [9.17, 15) is 0 Å². The monoisotopic (exact) mass is 175 g/mol. The molecule has 0 unspecified atom stereocenters. The van der Waals surface area contributed by atoms with Crippen molar-refractivity contribution in [2.24, 2.45) is 5.73 Å². The third-order valence-corrected chi connectivity index (χ3v) is 2.30. The number of nitrogens with zero attached hydrogens (tertiary/aromatic N) is 1. The predicted octanol–water partition coefficient (Wildman–Crippen LogP) is 1.64. The molecule has 68 valence electrons. The van der Waals surface area contributed by atoms with Crippen molar-refractivity contribution in [3.63, 3.8) is 0 Å². The molecule has 0 spiro atoms. The topological polar surface area (TPSA) is 54.7 Å². The number of aromatic nitrogens is 2. The number of fused-ring (bicyclic) bond motifs is 1. The van der Waals surface area contributed by atoms with E-state index in [1.165, 1.54) is 11.1 Å². The number of aromatic amines is 1. The van der Waals surface area contributed by atoms with Crippen LogP contribution >= 0.6 is 0 Å². The highest BCUT2D eigenvalue weighted by molar-refractivity contribution is 5.81. The third kappa shape index (κ3) is 1.21. The van der Waals surface area contributed by atoms with Crippen molar-refractivity contribution in [1.29, 1.82) is 0 Å². The lowest BCUT2D eigenvalue weighted by atomic mass is 10.1. The Bertz CT molecular complexity index is 404. The fourth-order valence-corrected chi connectivity index (χ4v) is 1.50. The maximum Gasteiger partial charge on any atom is 0.121 e. The summed E-state index contributed by atoms with van der Waals surface area (Å²) in [5.41, 5.74) is 10.1. The van der Waals surface area contributed by atoms with Gasteiger partial charge in [-0.25, -0.2) is 4.98 Å². The molecule has 0 aliphatic heterocycles. The molecule has 0 fully saturated rings. The lowest BCUT2D eigenvalue weighted by molar-refractivity contribution is 0.957. The van der Waals surface area contributed by atoms with Crippen molar-refractivity contribution in [3.8, 4) is 0 Å². The van der Waals surface area contributed by atoms with Gasteiger partial charge in [0, 0.05) is 0 Å². The van der Waals surface area contributed by atoms with E-state index in [4.69, 9.17) is 5.73 Å². The van der Waals surface area contributed by atoms with Crippen molar-refractivity contribution < 1.29 is 0 Å². The molecule has 3 N–H and O–H groups in total. The number of hydrogen-bond donors (Lipinski definition) is 2. The van der Waals surface area contributed by atoms with Crippen LogP contribution in [0.3, 0.4) is 0 Å². The first-order chi connectivity index (χ1) is 6.22. The van der Waals surface area contributed by atoms with E-state index in [1.807, 2.05) is 0 Å². The molecule has 0 aliphatic rings. The maximum absolute atomic E-state index is 5.52. The number of nitrogens with one attached hydrogen (secondary N) is 1. The van der Waals surface area contributed by atoms with Crippen LogP contribution in [0.25, 0.3) is 11.0 Å². The van der Waals surface area contributed by atoms with Gasteiger partial charge in [-0.1, -0.05) is 12.1 Å². The summed E-state index contributed by atoms with van der Waals surface area (Å²) in [5.74, 6) is 0.854. The zero-order chi connectivity index (χ0) is 9.42. The molecule has 0 bridgehead atoms. The van der Waals surface area contributed by atoms with Crippen LogP contribution in [0.15, 0.2) is 12.1 Å². The zero-order valence-electron chi connectivity index (χ0n) is 7.89. The first-order valence-electron chi connectivity index (χ1n) is 4.37. The van der Waals surface area contributed by atoms with Crippen LogP contribution in [-0.4, -0.2) is 9.97 Å². The van der Waals surface area contributed by atoms with Gasteiger partial charge in [0.05, 0.1) is 17.6 Å². The fourth-order valence-electron chi connectivity index (χ4n) is 1.50. The lowest BCUT2D eigenvalue weighted by Gasteiger charge is -1.96. The summed E-state index contributed by atoms with van der Waals surface area (Å²) >= 11 is 0. The van der Waals surface area contributed by atoms with Crippen molar-refractivity contribution in [2.75, 3.05) is 0 Å². The highest BCUT2D eigenvalue weighted by atomic mass is 14.9. The second-order valence-corrected chi connectivity index (χ2v) is 3.31. The molecule has 2 aromatic rings. The van der Waals surface area contributed by atoms with E-state index in [1.54, 1.807) is 0 Å². The number of rotatable bonds is 1. The standard InChI is InChI=1S/C10H13N3/c1-6-3-4-7(2)10-9(6)12-8(5-11)13-10/h3-4H,5,11H2,1-2H3,(H,12,13). The summed E-state index contributed by atoms with van der Waals surface area (Å²) in [5, 5.41) is 0. The molecule has 3 heteroatoms. The van der Waals surface area contributed by atoms with Crippen LogP contribution in [0.1, 0.15) is 17.0 Å². The molecule has 2 rings (SSSR count). The van der Waals surface area contributed by atoms with Gasteiger partial charge >= 0.3 is 0 Å². The van der Waals surface area contributed by atoms with Gasteiger partial charge in [0.1, 0.15) is 5.82 Å². The van der Waals surface area contributed by atoms with Gasteiger partial charge in [-0.3, -0.25) is 0 Å². The van der Waals surface area contributed by atoms with E-state index in [2.05, 4.69) is 35.9 Å². The highest BCUT2D eigenvalue weighted by Crippen LogP contribution is 2.19. The van der Waals surface area contributed by atoms with Gasteiger partial charge in [0.2, 0.25) is 0 Å². The maximum atomic E-state index is 5.52. The molecule has 0 saturated carbocycles. The van der Waals surface area contributed by atoms with E-state index in [0.29, 0.717) is 6.54 Å². The zero-order valence-corrected chi connectivity index (χ0v) is 7.89. The number of H-pyrrole nitrogens is 1. The van der Waals surface area contributed by atoms with Crippen LogP contribution < -0.4 is 5.73 Å². The van der Waals surface area contributed by atoms with Crippen LogP contribution in [0.2, 0.25) is 0 Å². The predicted molar refractivity (Wildman–Crippen MR) is 53.5 cm³/mol. The summed E-state index contributed by atoms with van der Waals surface area (Å²) in [7, 11) is 0. The Morgan fingerprint density at radius 1 is 1.31 bits per heavy atom. The Labute approximate surface area is 77.0 Å². The second kappa shape index (κ2) is 2.85. The molecular formula is C10H13N3. The first-order valence-corrected chi connectivity index (χ1v) is 4.37. The number of imidazole rings is 1. The Kier molecular flexibility index (Phi) is 1.81. The third-order valence-electron chi connectivity index (χ3n) is 2.30. The van der Waals surface area contributed by atoms with E-state index >= 15 is 0 Å². The minimum Gasteiger partial charge on any atom is -0.341 e. The normalized spacial score (nSPS) is 11.0. The molecule has 0 amide bonds. The van der Waals surface area contributed by atoms with E-state index in [-0.39, 0.29) is 0 Å². The average molecular weight is 175 g/mol. The minimum atomic E-state index is 0.466. The summed E-state index contributed by atoms with van der Waals surface area (Å²) in [6.07, 6.45) is 0. The quantitative estimate of drug-likeness (QED) is 0.692. The first kappa shape index (κ1) is 8.26. The molecule has 3 nitrogen and oxygen atoms in total. The number of nitrogens with two attached hydrogens (primary N) is 1. The Hall–Kier alpha value is -1.35. The van der Waals surface area contributed by atoms with Crippen molar-refractivity contribution in [3.05, 3.63) is 29.1 Å². The van der Waals surface area contributed by atoms with Gasteiger partial charge < -0.3 is 10.7 Å². The lowest BCUT2D eigenvalue weighted by Crippen LogP contribution is -1.97. The fraction of sp³-hybridized carbons (Fsp3) is 0.300. The average Bonchev–Trinajstić information content (AvgIpc) is 2.56. The summed E-state index contributed by atoms with van der Waals surface area (Å²) in [4.78, 5) is 7.63. The highest BCUT2D eigenvalue weighted by Gasteiger charge is 2.05. The molecule has 0 aliphatic carbocycles. The van der Waals surface area contributed by atoms with Crippen molar-refractivity contribution >= 4 is 11.0 Å². The molecule has 0 radical (unpaired) electrons. The Balaban J connectivity index is 2.80. The van der Waals surface area contributed by atoms with Crippen LogP contribution in [0.5, 0.6) is 0 Å². The number of hydrogen-bond acceptors (Lipinski definition) is 2. The summed E-state index contributed by atoms with van der Waals surface area (Å²) in [6, 6.07) is 4.18. The summed E-state index contributed by atoms with van der Waals surface area (Å²) < 4.78 is 0. The van der Waals surface area contributed by atoms with E-state index in [0.717, 1.165) is 16.9 Å². The van der Waals surface area contributed by atoms with Crippen molar-refractivity contribution in [2.45, 2.75) is 20.4 Å². The van der Waals surface area contributed by atoms with Gasteiger partial charge in [-0.2, -0.15) is 0 Å². The molecule has 1 aromatic carbocycles. The molecule has 1 heterocycles. The molecular weight excluding hydrogens is 162 g/mol. The smallest absolute Gasteiger partial charge is 0.121 e. The van der Waals surface area contributed by atoms with Crippen LogP contribution in [0.4, 0.5) is 0 Å². The van der Waals surface area contributed by atoms with Gasteiger partial charge in [-0.05, 0) is 25.0 Å². The molecule has 0 atom stereocenters. The Morgan fingerprint density at radius 2 is 2.00 bits per heavy atom. The van der Waals surface area contributed by atoms with Gasteiger partial charge in [-0.15, -0.1) is 0 Å². The number of benzene rings is 1. The van der Waals surface area contributed by atoms with Gasteiger partial charge in [0.25, 0.3) is 0 Å². The van der Waals surface area contributed by atoms with Gasteiger partial charge in [0.15, 0.2) is 0 Å². The number of aryl methyl sites for hydroxylation is 2. The van der Waals surface area contributed by atoms with Crippen molar-refractivity contribution in [1.82, 2.24) is 9.97 Å². The van der Waals surface area contributed by atoms with Crippen LogP contribution in [-0.2, 0) is 6.54 Å². The molecule has 1 aromatic heterocycles. The van der Waals surface area contributed by atoms with E-state index < -0.39 is 0 Å².